The van der Waals surface area contributed by atoms with Crippen molar-refractivity contribution < 1.29 is 14.3 Å². The third kappa shape index (κ3) is 3.81. The van der Waals surface area contributed by atoms with Crippen molar-refractivity contribution in [3.05, 3.63) is 60.2 Å². The van der Waals surface area contributed by atoms with Gasteiger partial charge in [-0.2, -0.15) is 0 Å². The number of likely N-dealkylation sites (tertiary alicyclic amines) is 1. The van der Waals surface area contributed by atoms with Gasteiger partial charge in [0.15, 0.2) is 5.69 Å². The Bertz CT molecular complexity index is 1060. The van der Waals surface area contributed by atoms with Crippen LogP contribution >= 0.6 is 0 Å². The first kappa shape index (κ1) is 19.0. The molecule has 150 valence electrons. The molecular weight excluding hydrogens is 368 g/mol. The second-order valence-corrected chi connectivity index (χ2v) is 7.42. The van der Waals surface area contributed by atoms with Crippen molar-refractivity contribution in [2.24, 2.45) is 5.92 Å². The number of piperidine rings is 1. The standard InChI is InChI=1S/C22H24N4O3/c1-15-7-6-11-25(14-15)22(28)19-18-10-3-4-12-26(18)20(24-19)21(27)23-16-8-5-9-17(13-16)29-2/h3-5,8-10,12-13,15H,6-7,11,14H2,1-2H3,(H,23,27). The molecule has 2 amide bonds. The maximum absolute atomic E-state index is 13.1. The van der Waals surface area contributed by atoms with E-state index in [1.165, 1.54) is 0 Å². The van der Waals surface area contributed by atoms with Gasteiger partial charge in [0.25, 0.3) is 11.8 Å². The van der Waals surface area contributed by atoms with Gasteiger partial charge in [0.1, 0.15) is 5.75 Å². The van der Waals surface area contributed by atoms with E-state index in [2.05, 4.69) is 17.2 Å². The highest BCUT2D eigenvalue weighted by atomic mass is 16.5. The Kier molecular flexibility index (Phi) is 5.20. The van der Waals surface area contributed by atoms with Gasteiger partial charge in [-0.3, -0.25) is 14.0 Å². The van der Waals surface area contributed by atoms with Crippen LogP contribution in [0.5, 0.6) is 5.75 Å². The lowest BCUT2D eigenvalue weighted by Crippen LogP contribution is -2.39. The van der Waals surface area contributed by atoms with Crippen LogP contribution in [0.4, 0.5) is 5.69 Å². The minimum absolute atomic E-state index is 0.124. The van der Waals surface area contributed by atoms with E-state index in [4.69, 9.17) is 4.74 Å². The molecule has 1 aliphatic rings. The molecule has 7 nitrogen and oxygen atoms in total. The lowest BCUT2D eigenvalue weighted by molar-refractivity contribution is 0.0679. The number of fused-ring (bicyclic) bond motifs is 1. The Hall–Kier alpha value is -3.35. The number of nitrogens with zero attached hydrogens (tertiary/aromatic N) is 3. The fourth-order valence-corrected chi connectivity index (χ4v) is 3.77. The summed E-state index contributed by atoms with van der Waals surface area (Å²) in [7, 11) is 1.57. The number of methoxy groups -OCH3 is 1. The Balaban J connectivity index is 1.66. The SMILES string of the molecule is COc1cccc(NC(=O)c2nc(C(=O)N3CCCC(C)C3)c3ccccn23)c1. The molecule has 4 rings (SSSR count). The summed E-state index contributed by atoms with van der Waals surface area (Å²) < 4.78 is 6.86. The summed E-state index contributed by atoms with van der Waals surface area (Å²) in [5.74, 6) is 0.784. The van der Waals surface area contributed by atoms with Gasteiger partial charge >= 0.3 is 0 Å². The molecule has 2 aromatic heterocycles. The fourth-order valence-electron chi connectivity index (χ4n) is 3.77. The molecule has 0 radical (unpaired) electrons. The zero-order chi connectivity index (χ0) is 20.4. The van der Waals surface area contributed by atoms with Crippen molar-refractivity contribution in [3.8, 4) is 5.75 Å². The van der Waals surface area contributed by atoms with Crippen LogP contribution in [0.3, 0.4) is 0 Å². The highest BCUT2D eigenvalue weighted by Gasteiger charge is 2.27. The maximum Gasteiger partial charge on any atom is 0.292 e. The second kappa shape index (κ2) is 7.95. The van der Waals surface area contributed by atoms with E-state index in [0.717, 1.165) is 25.9 Å². The monoisotopic (exact) mass is 392 g/mol. The van der Waals surface area contributed by atoms with Crippen LogP contribution < -0.4 is 10.1 Å². The topological polar surface area (TPSA) is 75.9 Å². The molecule has 0 aliphatic carbocycles. The van der Waals surface area contributed by atoms with Crippen molar-refractivity contribution in [3.63, 3.8) is 0 Å². The second-order valence-electron chi connectivity index (χ2n) is 7.42. The number of nitrogens with one attached hydrogen (secondary N) is 1. The van der Waals surface area contributed by atoms with Gasteiger partial charge < -0.3 is 15.0 Å². The third-order valence-electron chi connectivity index (χ3n) is 5.23. The van der Waals surface area contributed by atoms with E-state index in [-0.39, 0.29) is 17.6 Å². The van der Waals surface area contributed by atoms with E-state index in [9.17, 15) is 9.59 Å². The molecule has 29 heavy (non-hydrogen) atoms. The number of hydrogen-bond donors (Lipinski definition) is 1. The van der Waals surface area contributed by atoms with E-state index in [1.807, 2.05) is 23.1 Å². The Morgan fingerprint density at radius 2 is 2.07 bits per heavy atom. The minimum Gasteiger partial charge on any atom is -0.497 e. The lowest BCUT2D eigenvalue weighted by atomic mass is 10.00. The number of carbonyl (C=O) groups is 2. The summed E-state index contributed by atoms with van der Waals surface area (Å²) in [6.07, 6.45) is 3.86. The van der Waals surface area contributed by atoms with Crippen LogP contribution in [0.25, 0.3) is 5.52 Å². The van der Waals surface area contributed by atoms with Crippen molar-refractivity contribution >= 4 is 23.0 Å². The molecule has 0 saturated carbocycles. The Morgan fingerprint density at radius 3 is 2.86 bits per heavy atom. The first-order valence-electron chi connectivity index (χ1n) is 9.78. The highest BCUT2D eigenvalue weighted by molar-refractivity contribution is 6.06. The van der Waals surface area contributed by atoms with Gasteiger partial charge in [-0.1, -0.05) is 19.1 Å². The molecule has 3 heterocycles. The van der Waals surface area contributed by atoms with Crippen molar-refractivity contribution in [2.75, 3.05) is 25.5 Å². The quantitative estimate of drug-likeness (QED) is 0.738. The molecule has 1 N–H and O–H groups in total. The smallest absolute Gasteiger partial charge is 0.292 e. The number of ether oxygens (including phenoxy) is 1. The predicted octanol–water partition coefficient (Wildman–Crippen LogP) is 3.47. The summed E-state index contributed by atoms with van der Waals surface area (Å²) >= 11 is 0. The summed E-state index contributed by atoms with van der Waals surface area (Å²) in [4.78, 5) is 32.4. The molecule has 1 aromatic carbocycles. The summed E-state index contributed by atoms with van der Waals surface area (Å²) in [6.45, 7) is 3.59. The summed E-state index contributed by atoms with van der Waals surface area (Å²) in [5, 5.41) is 2.84. The van der Waals surface area contributed by atoms with E-state index < -0.39 is 0 Å². The Morgan fingerprint density at radius 1 is 1.21 bits per heavy atom. The van der Waals surface area contributed by atoms with Gasteiger partial charge in [-0.05, 0) is 43.0 Å². The van der Waals surface area contributed by atoms with E-state index in [1.54, 1.807) is 42.0 Å². The van der Waals surface area contributed by atoms with Crippen LogP contribution in [-0.4, -0.2) is 46.3 Å². The largest absolute Gasteiger partial charge is 0.497 e. The van der Waals surface area contributed by atoms with Gasteiger partial charge in [0, 0.05) is 31.0 Å². The van der Waals surface area contributed by atoms with Crippen LogP contribution in [0, 0.1) is 5.92 Å². The van der Waals surface area contributed by atoms with Gasteiger partial charge in [-0.25, -0.2) is 4.98 Å². The number of imidazole rings is 1. The number of benzene rings is 1. The maximum atomic E-state index is 13.1. The number of amides is 2. The molecular formula is C22H24N4O3. The van der Waals surface area contributed by atoms with Crippen molar-refractivity contribution in [1.29, 1.82) is 0 Å². The van der Waals surface area contributed by atoms with Crippen LogP contribution in [0.1, 0.15) is 40.9 Å². The molecule has 0 bridgehead atoms. The van der Waals surface area contributed by atoms with Gasteiger partial charge in [0.2, 0.25) is 5.82 Å². The van der Waals surface area contributed by atoms with Crippen LogP contribution in [0.15, 0.2) is 48.7 Å². The molecule has 1 atom stereocenters. The van der Waals surface area contributed by atoms with Gasteiger partial charge in [-0.15, -0.1) is 0 Å². The van der Waals surface area contributed by atoms with E-state index in [0.29, 0.717) is 28.6 Å². The first-order valence-corrected chi connectivity index (χ1v) is 9.78. The molecule has 3 aromatic rings. The zero-order valence-corrected chi connectivity index (χ0v) is 16.6. The molecule has 1 unspecified atom stereocenters. The van der Waals surface area contributed by atoms with Crippen LogP contribution in [0.2, 0.25) is 0 Å². The van der Waals surface area contributed by atoms with Crippen molar-refractivity contribution in [2.45, 2.75) is 19.8 Å². The third-order valence-corrected chi connectivity index (χ3v) is 5.23. The molecule has 1 saturated heterocycles. The normalized spacial score (nSPS) is 16.6. The minimum atomic E-state index is -0.384. The molecule has 1 fully saturated rings. The summed E-state index contributed by atoms with van der Waals surface area (Å²) in [5.41, 5.74) is 1.54. The number of rotatable bonds is 4. The van der Waals surface area contributed by atoms with E-state index >= 15 is 0 Å². The molecule has 0 spiro atoms. The number of anilines is 1. The number of aromatic nitrogens is 2. The number of hydrogen-bond acceptors (Lipinski definition) is 4. The number of carbonyl (C=O) groups excluding carboxylic acids is 2. The molecule has 7 heteroatoms. The molecule has 1 aliphatic heterocycles. The zero-order valence-electron chi connectivity index (χ0n) is 16.6. The average molecular weight is 392 g/mol. The van der Waals surface area contributed by atoms with Gasteiger partial charge in [0.05, 0.1) is 12.6 Å². The predicted molar refractivity (Wildman–Crippen MR) is 110 cm³/mol. The first-order chi connectivity index (χ1) is 14.1. The summed E-state index contributed by atoms with van der Waals surface area (Å²) in [6, 6.07) is 12.6. The van der Waals surface area contributed by atoms with Crippen molar-refractivity contribution in [1.82, 2.24) is 14.3 Å². The number of pyridine rings is 1. The lowest BCUT2D eigenvalue weighted by Gasteiger charge is -2.30. The fraction of sp³-hybridized carbons (Fsp3) is 0.318. The average Bonchev–Trinajstić information content (AvgIpc) is 3.13. The Labute approximate surface area is 169 Å². The highest BCUT2D eigenvalue weighted by Crippen LogP contribution is 2.22. The van der Waals surface area contributed by atoms with Crippen LogP contribution in [-0.2, 0) is 0 Å².